The Balaban J connectivity index is 1.39. The maximum atomic E-state index is 13.6. The quantitative estimate of drug-likeness (QED) is 0.529. The van der Waals surface area contributed by atoms with Crippen LogP contribution in [-0.2, 0) is 30.9 Å². The van der Waals surface area contributed by atoms with Crippen LogP contribution < -0.4 is 15.2 Å². The van der Waals surface area contributed by atoms with Gasteiger partial charge in [0.2, 0.25) is 6.10 Å². The number of nitrogens with zero attached hydrogens (tertiary/aromatic N) is 1. The van der Waals surface area contributed by atoms with E-state index in [0.717, 1.165) is 17.7 Å². The van der Waals surface area contributed by atoms with Gasteiger partial charge in [-0.2, -0.15) is 0 Å². The first-order valence-electron chi connectivity index (χ1n) is 13.0. The fourth-order valence-electron chi connectivity index (χ4n) is 6.95. The van der Waals surface area contributed by atoms with Gasteiger partial charge in [0.05, 0.1) is 24.5 Å². The number of carbonyl (C=O) groups is 2. The number of ether oxygens (including phenoxy) is 4. The summed E-state index contributed by atoms with van der Waals surface area (Å²) in [5, 5.41) is 12.3. The Labute approximate surface area is 221 Å². The maximum Gasteiger partial charge on any atom is 0.357 e. The van der Waals surface area contributed by atoms with Crippen molar-refractivity contribution >= 4 is 11.9 Å². The fourth-order valence-corrected chi connectivity index (χ4v) is 6.95. The van der Waals surface area contributed by atoms with E-state index in [9.17, 15) is 14.7 Å². The van der Waals surface area contributed by atoms with E-state index in [1.54, 1.807) is 37.5 Å². The lowest BCUT2D eigenvalue weighted by molar-refractivity contribution is -0.176. The third-order valence-electron chi connectivity index (χ3n) is 8.69. The number of carbonyl (C=O) groups excluding carboxylic acids is 2. The van der Waals surface area contributed by atoms with Gasteiger partial charge >= 0.3 is 11.9 Å². The van der Waals surface area contributed by atoms with Crippen LogP contribution in [0.25, 0.3) is 0 Å². The standard InChI is InChI=1S/C29H32N2O7/c1-31-15-13-28-23-18-8-9-19(35-2)25(23)38-26(28)20(10-12-29(28,34)21(31)16-18)36-27(33)24(37-22(32)11-14-30)17-6-4-3-5-7-17/h3-10,21,24,26,34H,11-16,30H2,1-2H3/t21-,24+,26+,28+,29-/m0/s1. The van der Waals surface area contributed by atoms with Crippen LogP contribution in [0, 0.1) is 0 Å². The minimum atomic E-state index is -1.26. The van der Waals surface area contributed by atoms with Gasteiger partial charge in [-0.25, -0.2) is 4.79 Å². The molecule has 2 bridgehead atoms. The number of methoxy groups -OCH3 is 1. The largest absolute Gasteiger partial charge is 0.493 e. The average molecular weight is 521 g/mol. The number of piperidine rings is 1. The summed E-state index contributed by atoms with van der Waals surface area (Å²) in [6.45, 7) is 0.864. The van der Waals surface area contributed by atoms with E-state index in [4.69, 9.17) is 24.7 Å². The highest BCUT2D eigenvalue weighted by Crippen LogP contribution is 2.65. The van der Waals surface area contributed by atoms with Crippen molar-refractivity contribution in [2.45, 2.75) is 54.9 Å². The average Bonchev–Trinajstić information content (AvgIpc) is 3.27. The van der Waals surface area contributed by atoms with E-state index in [1.165, 1.54) is 0 Å². The monoisotopic (exact) mass is 520 g/mol. The van der Waals surface area contributed by atoms with Gasteiger partial charge in [0, 0.05) is 30.1 Å². The van der Waals surface area contributed by atoms with E-state index in [-0.39, 0.29) is 19.0 Å². The molecule has 2 aromatic carbocycles. The molecule has 0 aromatic heterocycles. The van der Waals surface area contributed by atoms with Gasteiger partial charge in [0.25, 0.3) is 0 Å². The van der Waals surface area contributed by atoms with Crippen LogP contribution in [0.15, 0.2) is 54.3 Å². The summed E-state index contributed by atoms with van der Waals surface area (Å²) in [5.74, 6) is 0.157. The Kier molecular flexibility index (Phi) is 5.97. The third-order valence-corrected chi connectivity index (χ3v) is 8.69. The fraction of sp³-hybridized carbons (Fsp3) is 0.448. The maximum absolute atomic E-state index is 13.6. The molecule has 0 amide bonds. The molecular formula is C29H32N2O7. The van der Waals surface area contributed by atoms with E-state index in [0.29, 0.717) is 42.1 Å². The number of rotatable bonds is 7. The lowest BCUT2D eigenvalue weighted by Crippen LogP contribution is -2.74. The van der Waals surface area contributed by atoms with E-state index >= 15 is 0 Å². The van der Waals surface area contributed by atoms with Crippen molar-refractivity contribution in [2.24, 2.45) is 5.73 Å². The highest BCUT2D eigenvalue weighted by molar-refractivity contribution is 5.82. The van der Waals surface area contributed by atoms with Gasteiger partial charge < -0.3 is 34.7 Å². The first-order chi connectivity index (χ1) is 18.3. The molecule has 9 nitrogen and oxygen atoms in total. The molecular weight excluding hydrogens is 488 g/mol. The second-order valence-corrected chi connectivity index (χ2v) is 10.5. The van der Waals surface area contributed by atoms with Crippen LogP contribution in [0.3, 0.4) is 0 Å². The summed E-state index contributed by atoms with van der Waals surface area (Å²) in [6.07, 6.45) is 1.34. The van der Waals surface area contributed by atoms with Crippen molar-refractivity contribution in [3.63, 3.8) is 0 Å². The second-order valence-electron chi connectivity index (χ2n) is 10.5. The first-order valence-corrected chi connectivity index (χ1v) is 13.0. The van der Waals surface area contributed by atoms with E-state index in [2.05, 4.69) is 4.90 Å². The Morgan fingerprint density at radius 1 is 1.24 bits per heavy atom. The molecule has 4 aliphatic rings. The summed E-state index contributed by atoms with van der Waals surface area (Å²) in [5.41, 5.74) is 6.14. The highest BCUT2D eigenvalue weighted by Gasteiger charge is 2.72. The molecule has 2 aliphatic heterocycles. The van der Waals surface area contributed by atoms with Gasteiger partial charge in [-0.15, -0.1) is 0 Å². The molecule has 0 radical (unpaired) electrons. The van der Waals surface area contributed by atoms with Crippen molar-refractivity contribution in [3.05, 3.63) is 71.0 Å². The predicted octanol–water partition coefficient (Wildman–Crippen LogP) is 2.15. The topological polar surface area (TPSA) is 121 Å². The van der Waals surface area contributed by atoms with Crippen molar-refractivity contribution in [1.82, 2.24) is 4.90 Å². The molecule has 0 saturated carbocycles. The van der Waals surface area contributed by atoms with Crippen LogP contribution in [0.5, 0.6) is 11.5 Å². The molecule has 2 aromatic rings. The number of likely N-dealkylation sites (N-methyl/N-ethyl adjacent to an activating group) is 1. The smallest absolute Gasteiger partial charge is 0.357 e. The van der Waals surface area contributed by atoms with Crippen LogP contribution in [0.1, 0.15) is 42.1 Å². The molecule has 1 spiro atoms. The van der Waals surface area contributed by atoms with Crippen LogP contribution >= 0.6 is 0 Å². The predicted molar refractivity (Wildman–Crippen MR) is 137 cm³/mol. The molecule has 0 unspecified atom stereocenters. The lowest BCUT2D eigenvalue weighted by atomic mass is 9.50. The number of hydrogen-bond acceptors (Lipinski definition) is 9. The van der Waals surface area contributed by atoms with Gasteiger partial charge in [0.1, 0.15) is 5.76 Å². The summed E-state index contributed by atoms with van der Waals surface area (Å²) in [4.78, 5) is 28.1. The number of hydrogen-bond donors (Lipinski definition) is 2. The normalized spacial score (nSPS) is 29.4. The Morgan fingerprint density at radius 2 is 2.03 bits per heavy atom. The van der Waals surface area contributed by atoms with Crippen LogP contribution in [0.2, 0.25) is 0 Å². The summed E-state index contributed by atoms with van der Waals surface area (Å²) in [7, 11) is 3.62. The van der Waals surface area contributed by atoms with Gasteiger partial charge in [-0.05, 0) is 44.1 Å². The Morgan fingerprint density at radius 3 is 2.76 bits per heavy atom. The van der Waals surface area contributed by atoms with E-state index < -0.39 is 35.2 Å². The van der Waals surface area contributed by atoms with Crippen molar-refractivity contribution in [2.75, 3.05) is 27.2 Å². The first kappa shape index (κ1) is 24.9. The molecule has 2 heterocycles. The van der Waals surface area contributed by atoms with Gasteiger partial charge in [-0.3, -0.25) is 4.79 Å². The molecule has 6 rings (SSSR count). The number of nitrogens with two attached hydrogens (primary N) is 1. The van der Waals surface area contributed by atoms with Gasteiger partial charge in [-0.1, -0.05) is 36.4 Å². The zero-order valence-corrected chi connectivity index (χ0v) is 21.5. The zero-order chi connectivity index (χ0) is 26.7. The molecule has 200 valence electrons. The summed E-state index contributed by atoms with van der Waals surface area (Å²) >= 11 is 0. The molecule has 2 aliphatic carbocycles. The highest BCUT2D eigenvalue weighted by atomic mass is 16.6. The molecule has 38 heavy (non-hydrogen) atoms. The molecule has 5 atom stereocenters. The minimum absolute atomic E-state index is 0.0199. The number of benzene rings is 2. The second kappa shape index (κ2) is 9.11. The lowest BCUT2D eigenvalue weighted by Gasteiger charge is -2.61. The molecule has 1 saturated heterocycles. The number of likely N-dealkylation sites (tertiary alicyclic amines) is 1. The molecule has 1 fully saturated rings. The van der Waals surface area contributed by atoms with Crippen LogP contribution in [-0.4, -0.2) is 66.9 Å². The molecule has 9 heteroatoms. The SMILES string of the molecule is COc1ccc2c3c1O[C@@H]1C(OC(=O)[C@H](OC(=O)CCN)c4ccccc4)=CC[C@]4(O)[C@H](C2)N(C)CC[C@@]314. The van der Waals surface area contributed by atoms with Crippen molar-refractivity contribution in [3.8, 4) is 11.5 Å². The van der Waals surface area contributed by atoms with Crippen molar-refractivity contribution in [1.29, 1.82) is 0 Å². The number of aliphatic hydroxyl groups is 1. The summed E-state index contributed by atoms with van der Waals surface area (Å²) in [6, 6.07) is 12.6. The Hall–Kier alpha value is -3.40. The van der Waals surface area contributed by atoms with E-state index in [1.807, 2.05) is 25.2 Å². The van der Waals surface area contributed by atoms with Gasteiger partial charge in [0.15, 0.2) is 17.6 Å². The third kappa shape index (κ3) is 3.42. The zero-order valence-electron chi connectivity index (χ0n) is 21.5. The Bertz CT molecular complexity index is 1310. The van der Waals surface area contributed by atoms with Crippen LogP contribution in [0.4, 0.5) is 0 Å². The molecule has 3 N–H and O–H groups in total. The number of esters is 2. The van der Waals surface area contributed by atoms with Crippen molar-refractivity contribution < 1.29 is 33.6 Å². The minimum Gasteiger partial charge on any atom is -0.493 e. The summed E-state index contributed by atoms with van der Waals surface area (Å²) < 4.78 is 23.7.